The minimum atomic E-state index is -0.0896. The number of ether oxygens (including phenoxy) is 2. The van der Waals surface area contributed by atoms with Crippen molar-refractivity contribution in [1.29, 1.82) is 5.26 Å². The second kappa shape index (κ2) is 7.20. The van der Waals surface area contributed by atoms with Gasteiger partial charge >= 0.3 is 0 Å². The summed E-state index contributed by atoms with van der Waals surface area (Å²) in [5.74, 6) is -0.0896. The lowest BCUT2D eigenvalue weighted by Gasteiger charge is -2.16. The Hall–Kier alpha value is -1.12. The van der Waals surface area contributed by atoms with Crippen LogP contribution in [0.1, 0.15) is 19.3 Å². The molecule has 16 heavy (non-hydrogen) atoms. The van der Waals surface area contributed by atoms with Crippen LogP contribution in [0.3, 0.4) is 0 Å². The van der Waals surface area contributed by atoms with Gasteiger partial charge in [0.25, 0.3) is 0 Å². The van der Waals surface area contributed by atoms with Gasteiger partial charge in [-0.05, 0) is 12.8 Å². The normalized spacial score (nSPS) is 19.4. The van der Waals surface area contributed by atoms with Crippen molar-refractivity contribution in [2.24, 2.45) is 0 Å². The maximum atomic E-state index is 11.5. The zero-order valence-electron chi connectivity index (χ0n) is 9.65. The summed E-state index contributed by atoms with van der Waals surface area (Å²) in [5.41, 5.74) is 0. The second-order valence-corrected chi connectivity index (χ2v) is 3.87. The van der Waals surface area contributed by atoms with Crippen molar-refractivity contribution in [3.05, 3.63) is 0 Å². The quantitative estimate of drug-likeness (QED) is 0.663. The fourth-order valence-electron chi connectivity index (χ4n) is 1.51. The molecule has 0 spiro atoms. The maximum absolute atomic E-state index is 11.5. The van der Waals surface area contributed by atoms with Crippen LogP contribution in [0, 0.1) is 11.3 Å². The summed E-state index contributed by atoms with van der Waals surface area (Å²) in [4.78, 5) is 13.0. The number of likely N-dealkylation sites (N-methyl/N-ethyl adjacent to an activating group) is 1. The molecule has 1 atom stereocenters. The summed E-state index contributed by atoms with van der Waals surface area (Å²) in [5, 5.41) is 8.38. The van der Waals surface area contributed by atoms with Gasteiger partial charge in [-0.3, -0.25) is 4.79 Å². The summed E-state index contributed by atoms with van der Waals surface area (Å²) in [6, 6.07) is 2.00. The molecule has 1 aliphatic heterocycles. The van der Waals surface area contributed by atoms with Crippen molar-refractivity contribution in [2.75, 3.05) is 33.4 Å². The summed E-state index contributed by atoms with van der Waals surface area (Å²) < 4.78 is 10.6. The largest absolute Gasteiger partial charge is 0.376 e. The molecule has 1 unspecified atom stereocenters. The van der Waals surface area contributed by atoms with Crippen LogP contribution in [0.4, 0.5) is 0 Å². The summed E-state index contributed by atoms with van der Waals surface area (Å²) in [6.07, 6.45) is 2.59. The first kappa shape index (κ1) is 12.9. The number of hydrogen-bond donors (Lipinski definition) is 0. The third-order valence-electron chi connectivity index (χ3n) is 2.54. The zero-order chi connectivity index (χ0) is 11.8. The maximum Gasteiger partial charge on any atom is 0.248 e. The van der Waals surface area contributed by atoms with Crippen LogP contribution >= 0.6 is 0 Å². The molecule has 1 saturated heterocycles. The molecule has 90 valence electrons. The molecular weight excluding hydrogens is 208 g/mol. The molecular formula is C11H18N2O3. The SMILES string of the molecule is CN(CCC#N)C(=O)COCC1CCCO1. The van der Waals surface area contributed by atoms with Gasteiger partial charge in [-0.25, -0.2) is 0 Å². The molecule has 1 rings (SSSR count). The van der Waals surface area contributed by atoms with Crippen LogP contribution in [-0.2, 0) is 14.3 Å². The van der Waals surface area contributed by atoms with E-state index in [0.29, 0.717) is 19.6 Å². The van der Waals surface area contributed by atoms with E-state index in [-0.39, 0.29) is 18.6 Å². The molecule has 1 aliphatic rings. The van der Waals surface area contributed by atoms with Crippen LogP contribution in [0.5, 0.6) is 0 Å². The number of carbonyl (C=O) groups is 1. The Bertz CT molecular complexity index is 256. The molecule has 0 radical (unpaired) electrons. The topological polar surface area (TPSA) is 62.6 Å². The van der Waals surface area contributed by atoms with Crippen LogP contribution in [0.25, 0.3) is 0 Å². The van der Waals surface area contributed by atoms with E-state index in [2.05, 4.69) is 0 Å². The minimum absolute atomic E-state index is 0.0712. The molecule has 5 heteroatoms. The summed E-state index contributed by atoms with van der Waals surface area (Å²) >= 11 is 0. The van der Waals surface area contributed by atoms with E-state index in [1.165, 1.54) is 4.90 Å². The monoisotopic (exact) mass is 226 g/mol. The average Bonchev–Trinajstić information content (AvgIpc) is 2.78. The van der Waals surface area contributed by atoms with Gasteiger partial charge in [0, 0.05) is 20.2 Å². The average molecular weight is 226 g/mol. The van der Waals surface area contributed by atoms with Gasteiger partial charge in [0.05, 0.1) is 25.2 Å². The molecule has 0 aromatic rings. The highest BCUT2D eigenvalue weighted by Gasteiger charge is 2.16. The minimum Gasteiger partial charge on any atom is -0.376 e. The highest BCUT2D eigenvalue weighted by Crippen LogP contribution is 2.11. The predicted molar refractivity (Wildman–Crippen MR) is 57.7 cm³/mol. The first-order chi connectivity index (χ1) is 7.74. The Morgan fingerprint density at radius 2 is 2.50 bits per heavy atom. The van der Waals surface area contributed by atoms with Gasteiger partial charge in [-0.15, -0.1) is 0 Å². The Morgan fingerprint density at radius 1 is 1.69 bits per heavy atom. The lowest BCUT2D eigenvalue weighted by molar-refractivity contribution is -0.135. The third kappa shape index (κ3) is 4.60. The van der Waals surface area contributed by atoms with E-state index in [9.17, 15) is 4.79 Å². The lowest BCUT2D eigenvalue weighted by Crippen LogP contribution is -2.32. The van der Waals surface area contributed by atoms with Crippen LogP contribution in [0.15, 0.2) is 0 Å². The number of hydrogen-bond acceptors (Lipinski definition) is 4. The van der Waals surface area contributed by atoms with Crippen molar-refractivity contribution in [2.45, 2.75) is 25.4 Å². The Labute approximate surface area is 95.9 Å². The number of rotatable bonds is 6. The first-order valence-electron chi connectivity index (χ1n) is 5.54. The van der Waals surface area contributed by atoms with Crippen LogP contribution < -0.4 is 0 Å². The van der Waals surface area contributed by atoms with Gasteiger partial charge in [-0.1, -0.05) is 0 Å². The molecule has 1 fully saturated rings. The molecule has 0 aromatic heterocycles. The van der Waals surface area contributed by atoms with E-state index in [1.807, 2.05) is 6.07 Å². The fourth-order valence-corrected chi connectivity index (χ4v) is 1.51. The first-order valence-corrected chi connectivity index (χ1v) is 5.54. The van der Waals surface area contributed by atoms with Crippen LogP contribution in [-0.4, -0.2) is 50.3 Å². The molecule has 0 saturated carbocycles. The highest BCUT2D eigenvalue weighted by atomic mass is 16.5. The Kier molecular flexibility index (Phi) is 5.83. The van der Waals surface area contributed by atoms with Gasteiger partial charge in [-0.2, -0.15) is 5.26 Å². The van der Waals surface area contributed by atoms with Gasteiger partial charge < -0.3 is 14.4 Å². The van der Waals surface area contributed by atoms with Crippen molar-refractivity contribution in [3.63, 3.8) is 0 Å². The Balaban J connectivity index is 2.07. The Morgan fingerprint density at radius 3 is 3.12 bits per heavy atom. The summed E-state index contributed by atoms with van der Waals surface area (Å²) in [6.45, 7) is 1.81. The molecule has 0 bridgehead atoms. The van der Waals surface area contributed by atoms with Crippen molar-refractivity contribution < 1.29 is 14.3 Å². The summed E-state index contributed by atoms with van der Waals surface area (Å²) in [7, 11) is 1.68. The molecule has 0 aromatic carbocycles. The highest BCUT2D eigenvalue weighted by molar-refractivity contribution is 5.77. The van der Waals surface area contributed by atoms with Crippen molar-refractivity contribution >= 4 is 5.91 Å². The van der Waals surface area contributed by atoms with Gasteiger partial charge in [0.1, 0.15) is 6.61 Å². The van der Waals surface area contributed by atoms with Crippen molar-refractivity contribution in [1.82, 2.24) is 4.90 Å². The smallest absolute Gasteiger partial charge is 0.248 e. The van der Waals surface area contributed by atoms with E-state index in [0.717, 1.165) is 19.4 Å². The van der Waals surface area contributed by atoms with Gasteiger partial charge in [0.15, 0.2) is 0 Å². The zero-order valence-corrected chi connectivity index (χ0v) is 9.65. The predicted octanol–water partition coefficient (Wildman–Crippen LogP) is 0.554. The fraction of sp³-hybridized carbons (Fsp3) is 0.818. The molecule has 0 N–H and O–H groups in total. The van der Waals surface area contributed by atoms with Crippen molar-refractivity contribution in [3.8, 4) is 6.07 Å². The second-order valence-electron chi connectivity index (χ2n) is 3.87. The third-order valence-corrected chi connectivity index (χ3v) is 2.54. The standard InChI is InChI=1S/C11H18N2O3/c1-13(6-3-5-12)11(14)9-15-8-10-4-2-7-16-10/h10H,2-4,6-9H2,1H3. The number of carbonyl (C=O) groups excluding carboxylic acids is 1. The number of nitrogens with zero attached hydrogens (tertiary/aromatic N) is 2. The molecule has 5 nitrogen and oxygen atoms in total. The van der Waals surface area contributed by atoms with E-state index in [1.54, 1.807) is 7.05 Å². The van der Waals surface area contributed by atoms with E-state index >= 15 is 0 Å². The molecule has 1 heterocycles. The van der Waals surface area contributed by atoms with E-state index < -0.39 is 0 Å². The number of nitriles is 1. The van der Waals surface area contributed by atoms with Crippen LogP contribution in [0.2, 0.25) is 0 Å². The van der Waals surface area contributed by atoms with Gasteiger partial charge in [0.2, 0.25) is 5.91 Å². The molecule has 0 aliphatic carbocycles. The lowest BCUT2D eigenvalue weighted by atomic mass is 10.2. The molecule has 1 amide bonds. The number of amides is 1. The van der Waals surface area contributed by atoms with E-state index in [4.69, 9.17) is 14.7 Å².